The molecule has 0 aromatic heterocycles. The summed E-state index contributed by atoms with van der Waals surface area (Å²) < 4.78 is 0. The molecule has 0 atom stereocenters. The van der Waals surface area contributed by atoms with Crippen molar-refractivity contribution >= 4 is 17.6 Å². The van der Waals surface area contributed by atoms with E-state index < -0.39 is 11.4 Å². The molecular formula is C16H21ClO3. The van der Waals surface area contributed by atoms with Gasteiger partial charge in [0.15, 0.2) is 0 Å². The molecule has 0 saturated heterocycles. The Labute approximate surface area is 124 Å². The zero-order valence-electron chi connectivity index (χ0n) is 11.9. The molecule has 0 aliphatic heterocycles. The van der Waals surface area contributed by atoms with E-state index in [1.165, 1.54) is 0 Å². The smallest absolute Gasteiger partial charge is 0.314 e. The number of aliphatic carboxylic acids is 1. The van der Waals surface area contributed by atoms with Crippen LogP contribution in [0.2, 0.25) is 5.02 Å². The van der Waals surface area contributed by atoms with Crippen molar-refractivity contribution in [2.45, 2.75) is 57.3 Å². The average Bonchev–Trinajstić information content (AvgIpc) is 2.41. The van der Waals surface area contributed by atoms with Gasteiger partial charge in [-0.1, -0.05) is 44.7 Å². The summed E-state index contributed by atoms with van der Waals surface area (Å²) in [5.41, 5.74) is 0.219. The van der Waals surface area contributed by atoms with Gasteiger partial charge < -0.3 is 10.2 Å². The van der Waals surface area contributed by atoms with Gasteiger partial charge in [-0.2, -0.15) is 0 Å². The highest BCUT2D eigenvalue weighted by Crippen LogP contribution is 2.46. The second-order valence-corrected chi connectivity index (χ2v) is 6.43. The van der Waals surface area contributed by atoms with E-state index in [1.807, 2.05) is 13.8 Å². The van der Waals surface area contributed by atoms with Gasteiger partial charge in [0.25, 0.3) is 0 Å². The summed E-state index contributed by atoms with van der Waals surface area (Å²) in [6, 6.07) is 3.35. The molecule has 1 aromatic carbocycles. The Kier molecular flexibility index (Phi) is 4.28. The molecule has 0 heterocycles. The lowest BCUT2D eigenvalue weighted by atomic mass is 9.68. The second-order valence-electron chi connectivity index (χ2n) is 5.99. The van der Waals surface area contributed by atoms with Crippen LogP contribution < -0.4 is 0 Å². The number of benzene rings is 1. The maximum absolute atomic E-state index is 11.9. The fourth-order valence-corrected chi connectivity index (χ4v) is 3.41. The number of halogens is 1. The van der Waals surface area contributed by atoms with Gasteiger partial charge in [-0.25, -0.2) is 0 Å². The molecule has 20 heavy (non-hydrogen) atoms. The van der Waals surface area contributed by atoms with E-state index in [2.05, 4.69) is 0 Å². The number of aromatic hydroxyl groups is 1. The molecule has 1 saturated carbocycles. The molecule has 0 bridgehead atoms. The Morgan fingerprint density at radius 3 is 2.35 bits per heavy atom. The van der Waals surface area contributed by atoms with E-state index in [-0.39, 0.29) is 11.7 Å². The highest BCUT2D eigenvalue weighted by molar-refractivity contribution is 6.30. The van der Waals surface area contributed by atoms with Crippen LogP contribution in [0.15, 0.2) is 12.1 Å². The molecule has 0 unspecified atom stereocenters. The quantitative estimate of drug-likeness (QED) is 0.866. The van der Waals surface area contributed by atoms with E-state index in [0.717, 1.165) is 24.8 Å². The number of carboxylic acid groups (broad SMARTS) is 1. The van der Waals surface area contributed by atoms with Crippen molar-refractivity contribution in [2.75, 3.05) is 0 Å². The lowest BCUT2D eigenvalue weighted by Gasteiger charge is -2.34. The number of rotatable bonds is 3. The zero-order valence-corrected chi connectivity index (χ0v) is 12.7. The summed E-state index contributed by atoms with van der Waals surface area (Å²) in [4.78, 5) is 11.9. The lowest BCUT2D eigenvalue weighted by Crippen LogP contribution is -2.38. The van der Waals surface area contributed by atoms with E-state index in [4.69, 9.17) is 11.6 Å². The van der Waals surface area contributed by atoms with Crippen LogP contribution in [0.1, 0.15) is 63.0 Å². The molecule has 2 N–H and O–H groups in total. The summed E-state index contributed by atoms with van der Waals surface area (Å²) in [6.07, 6.45) is 3.92. The van der Waals surface area contributed by atoms with Crippen LogP contribution in [0.25, 0.3) is 0 Å². The predicted molar refractivity (Wildman–Crippen MR) is 79.6 cm³/mol. The number of carboxylic acids is 1. The molecular weight excluding hydrogens is 276 g/mol. The average molecular weight is 297 g/mol. The van der Waals surface area contributed by atoms with Crippen LogP contribution in [-0.2, 0) is 10.2 Å². The predicted octanol–water partition coefficient (Wildman–Crippen LogP) is 4.46. The largest absolute Gasteiger partial charge is 0.507 e. The van der Waals surface area contributed by atoms with Crippen LogP contribution in [0, 0.1) is 0 Å². The van der Waals surface area contributed by atoms with Crippen molar-refractivity contribution in [1.82, 2.24) is 0 Å². The van der Waals surface area contributed by atoms with E-state index in [1.54, 1.807) is 12.1 Å². The molecule has 1 aliphatic carbocycles. The second kappa shape index (κ2) is 5.65. The van der Waals surface area contributed by atoms with E-state index in [0.29, 0.717) is 23.4 Å². The third-order valence-corrected chi connectivity index (χ3v) is 4.58. The summed E-state index contributed by atoms with van der Waals surface area (Å²) in [6.45, 7) is 3.92. The minimum atomic E-state index is -0.989. The molecule has 110 valence electrons. The summed E-state index contributed by atoms with van der Waals surface area (Å²) >= 11 is 6.15. The zero-order chi connectivity index (χ0) is 14.9. The third kappa shape index (κ3) is 2.51. The normalized spacial score (nSPS) is 18.2. The maximum atomic E-state index is 11.9. The van der Waals surface area contributed by atoms with Gasteiger partial charge in [0, 0.05) is 10.6 Å². The Bertz CT molecular complexity index is 517. The summed E-state index contributed by atoms with van der Waals surface area (Å²) in [5, 5.41) is 20.8. The van der Waals surface area contributed by atoms with Crippen LogP contribution >= 0.6 is 11.6 Å². The molecule has 1 aliphatic rings. The van der Waals surface area contributed by atoms with Gasteiger partial charge >= 0.3 is 5.97 Å². The van der Waals surface area contributed by atoms with Gasteiger partial charge in [0.2, 0.25) is 0 Å². The van der Waals surface area contributed by atoms with Gasteiger partial charge in [-0.3, -0.25) is 4.79 Å². The van der Waals surface area contributed by atoms with Crippen molar-refractivity contribution in [3.8, 4) is 5.75 Å². The van der Waals surface area contributed by atoms with Crippen LogP contribution in [0.3, 0.4) is 0 Å². The van der Waals surface area contributed by atoms with Crippen LogP contribution in [0.5, 0.6) is 5.75 Å². The van der Waals surface area contributed by atoms with Gasteiger partial charge in [0.1, 0.15) is 5.75 Å². The first-order chi connectivity index (χ1) is 9.38. The maximum Gasteiger partial charge on any atom is 0.314 e. The molecule has 1 aromatic rings. The Morgan fingerprint density at radius 1 is 1.25 bits per heavy atom. The van der Waals surface area contributed by atoms with Crippen molar-refractivity contribution in [3.63, 3.8) is 0 Å². The minimum Gasteiger partial charge on any atom is -0.507 e. The first-order valence-corrected chi connectivity index (χ1v) is 7.52. The lowest BCUT2D eigenvalue weighted by molar-refractivity contribution is -0.145. The molecule has 4 heteroatoms. The van der Waals surface area contributed by atoms with Crippen molar-refractivity contribution in [1.29, 1.82) is 0 Å². The first-order valence-electron chi connectivity index (χ1n) is 7.15. The Morgan fingerprint density at radius 2 is 1.85 bits per heavy atom. The Balaban J connectivity index is 2.62. The molecule has 0 amide bonds. The molecule has 3 nitrogen and oxygen atoms in total. The minimum absolute atomic E-state index is 0.0990. The monoisotopic (exact) mass is 296 g/mol. The SMILES string of the molecule is CC(C)c1cc(Cl)cc(C2(C(=O)O)CCCCC2)c1O. The summed E-state index contributed by atoms with van der Waals surface area (Å²) in [7, 11) is 0. The number of hydrogen-bond donors (Lipinski definition) is 2. The van der Waals surface area contributed by atoms with Crippen LogP contribution in [0.4, 0.5) is 0 Å². The fraction of sp³-hybridized carbons (Fsp3) is 0.562. The van der Waals surface area contributed by atoms with E-state index >= 15 is 0 Å². The van der Waals surface area contributed by atoms with Gasteiger partial charge in [-0.05, 0) is 36.5 Å². The molecule has 0 radical (unpaired) electrons. The van der Waals surface area contributed by atoms with Gasteiger partial charge in [0.05, 0.1) is 5.41 Å². The highest BCUT2D eigenvalue weighted by atomic mass is 35.5. The first kappa shape index (κ1) is 15.2. The molecule has 1 fully saturated rings. The standard InChI is InChI=1S/C16H21ClO3/c1-10(2)12-8-11(17)9-13(14(12)18)16(15(19)20)6-4-3-5-7-16/h8-10,18H,3-7H2,1-2H3,(H,19,20). The topological polar surface area (TPSA) is 57.5 Å². The van der Waals surface area contributed by atoms with Crippen molar-refractivity contribution < 1.29 is 15.0 Å². The number of carbonyl (C=O) groups is 1. The summed E-state index contributed by atoms with van der Waals surface area (Å²) in [5.74, 6) is -0.653. The van der Waals surface area contributed by atoms with Crippen molar-refractivity contribution in [2.24, 2.45) is 0 Å². The number of phenols is 1. The number of hydrogen-bond acceptors (Lipinski definition) is 2. The molecule has 2 rings (SSSR count). The highest BCUT2D eigenvalue weighted by Gasteiger charge is 2.43. The van der Waals surface area contributed by atoms with Crippen LogP contribution in [-0.4, -0.2) is 16.2 Å². The fourth-order valence-electron chi connectivity index (χ4n) is 3.18. The Hall–Kier alpha value is -1.22. The number of phenolic OH excluding ortho intramolecular Hbond substituents is 1. The molecule has 0 spiro atoms. The van der Waals surface area contributed by atoms with Crippen molar-refractivity contribution in [3.05, 3.63) is 28.3 Å². The third-order valence-electron chi connectivity index (χ3n) is 4.36. The van der Waals surface area contributed by atoms with Gasteiger partial charge in [-0.15, -0.1) is 0 Å². The van der Waals surface area contributed by atoms with E-state index in [9.17, 15) is 15.0 Å².